The van der Waals surface area contributed by atoms with Gasteiger partial charge in [0.1, 0.15) is 5.82 Å². The molecule has 4 aromatic carbocycles. The van der Waals surface area contributed by atoms with Crippen molar-refractivity contribution in [2.45, 2.75) is 70.1 Å². The number of aromatic nitrogens is 3. The minimum absolute atomic E-state index is 0.0844. The Kier molecular flexibility index (Phi) is 5.45. The van der Waals surface area contributed by atoms with E-state index in [1.54, 1.807) is 5.56 Å². The molecule has 4 aliphatic carbocycles. The molecule has 0 aliphatic heterocycles. The lowest BCUT2D eigenvalue weighted by Crippen LogP contribution is -2.48. The first-order valence-electron chi connectivity index (χ1n) is 17.4. The van der Waals surface area contributed by atoms with Gasteiger partial charge in [-0.2, -0.15) is 0 Å². The number of fused-ring (bicyclic) bond motifs is 6. The van der Waals surface area contributed by atoms with Crippen LogP contribution in [0.15, 0.2) is 103 Å². The zero-order chi connectivity index (χ0) is 30.8. The number of para-hydroxylation sites is 2. The van der Waals surface area contributed by atoms with Crippen molar-refractivity contribution in [1.82, 2.24) is 14.1 Å². The highest BCUT2D eigenvalue weighted by atomic mass is 15.1. The maximum atomic E-state index is 5.02. The summed E-state index contributed by atoms with van der Waals surface area (Å²) in [5.41, 5.74) is 9.52. The Bertz CT molecular complexity index is 2310. The summed E-state index contributed by atoms with van der Waals surface area (Å²) in [6.45, 7) is 6.87. The van der Waals surface area contributed by atoms with E-state index in [2.05, 4.69) is 127 Å². The highest BCUT2D eigenvalue weighted by Crippen LogP contribution is 2.61. The zero-order valence-corrected chi connectivity index (χ0v) is 27.1. The molecule has 3 heteroatoms. The molecule has 4 bridgehead atoms. The van der Waals surface area contributed by atoms with Gasteiger partial charge in [0.05, 0.1) is 27.8 Å². The smallest absolute Gasteiger partial charge is 0.139 e. The van der Waals surface area contributed by atoms with Gasteiger partial charge in [-0.25, -0.2) is 4.98 Å². The molecule has 4 fully saturated rings. The van der Waals surface area contributed by atoms with Crippen LogP contribution in [-0.4, -0.2) is 14.1 Å². The van der Waals surface area contributed by atoms with Crippen LogP contribution in [0.2, 0.25) is 0 Å². The molecule has 0 N–H and O–H groups in total. The van der Waals surface area contributed by atoms with E-state index in [0.29, 0.717) is 5.41 Å². The van der Waals surface area contributed by atoms with Crippen LogP contribution >= 0.6 is 0 Å². The number of nitrogens with zero attached hydrogens (tertiary/aromatic N) is 3. The molecular formula is C43H41N3. The second kappa shape index (κ2) is 9.35. The van der Waals surface area contributed by atoms with Gasteiger partial charge < -0.3 is 4.57 Å². The Morgan fingerprint density at radius 1 is 0.587 bits per heavy atom. The molecule has 11 rings (SSSR count). The molecule has 0 radical (unpaired) electrons. The van der Waals surface area contributed by atoms with Crippen molar-refractivity contribution in [1.29, 1.82) is 0 Å². The summed E-state index contributed by atoms with van der Waals surface area (Å²) in [7, 11) is 0. The van der Waals surface area contributed by atoms with E-state index in [9.17, 15) is 0 Å². The Balaban J connectivity index is 1.18. The summed E-state index contributed by atoms with van der Waals surface area (Å²) in [6.07, 6.45) is 10.6. The van der Waals surface area contributed by atoms with Crippen molar-refractivity contribution in [3.05, 3.63) is 114 Å². The van der Waals surface area contributed by atoms with Gasteiger partial charge in [0.2, 0.25) is 0 Å². The third-order valence-corrected chi connectivity index (χ3v) is 12.1. The maximum absolute atomic E-state index is 5.02. The number of hydrogen-bond acceptors (Lipinski definition) is 1. The zero-order valence-electron chi connectivity index (χ0n) is 27.1. The molecule has 3 nitrogen and oxygen atoms in total. The quantitative estimate of drug-likeness (QED) is 0.198. The van der Waals surface area contributed by atoms with Gasteiger partial charge in [0.25, 0.3) is 0 Å². The van der Waals surface area contributed by atoms with Gasteiger partial charge in [-0.1, -0.05) is 75.4 Å². The van der Waals surface area contributed by atoms with Crippen molar-refractivity contribution >= 4 is 43.6 Å². The molecule has 4 aliphatic rings. The summed E-state index contributed by atoms with van der Waals surface area (Å²) in [6, 6.07) is 36.7. The maximum Gasteiger partial charge on any atom is 0.139 e. The van der Waals surface area contributed by atoms with E-state index < -0.39 is 0 Å². The summed E-state index contributed by atoms with van der Waals surface area (Å²) in [5, 5.41) is 5.22. The number of pyridine rings is 1. The Hall–Kier alpha value is -4.37. The van der Waals surface area contributed by atoms with Crippen LogP contribution in [0.3, 0.4) is 0 Å². The van der Waals surface area contributed by atoms with E-state index in [-0.39, 0.29) is 5.41 Å². The molecule has 0 amide bonds. The highest BCUT2D eigenvalue weighted by Gasteiger charge is 2.51. The molecule has 0 saturated heterocycles. The van der Waals surface area contributed by atoms with Crippen LogP contribution in [0.5, 0.6) is 0 Å². The summed E-state index contributed by atoms with van der Waals surface area (Å²) >= 11 is 0. The lowest BCUT2D eigenvalue weighted by atomic mass is 9.48. The lowest BCUT2D eigenvalue weighted by molar-refractivity contribution is -0.00513. The molecule has 46 heavy (non-hydrogen) atoms. The van der Waals surface area contributed by atoms with Crippen molar-refractivity contribution < 1.29 is 0 Å². The van der Waals surface area contributed by atoms with E-state index in [4.69, 9.17) is 4.98 Å². The van der Waals surface area contributed by atoms with Crippen molar-refractivity contribution in [3.8, 4) is 11.5 Å². The number of benzene rings is 4. The molecular weight excluding hydrogens is 558 g/mol. The van der Waals surface area contributed by atoms with Crippen molar-refractivity contribution in [3.63, 3.8) is 0 Å². The minimum Gasteiger partial charge on any atom is -0.309 e. The molecule has 0 spiro atoms. The average molecular weight is 600 g/mol. The monoisotopic (exact) mass is 599 g/mol. The van der Waals surface area contributed by atoms with Crippen molar-refractivity contribution in [2.24, 2.45) is 17.8 Å². The van der Waals surface area contributed by atoms with E-state index >= 15 is 0 Å². The Labute approximate surface area is 270 Å². The van der Waals surface area contributed by atoms with E-state index in [1.165, 1.54) is 87.7 Å². The van der Waals surface area contributed by atoms with Crippen LogP contribution < -0.4 is 0 Å². The molecule has 0 atom stereocenters. The number of hydrogen-bond donors (Lipinski definition) is 0. The van der Waals surface area contributed by atoms with Crippen LogP contribution in [0.25, 0.3) is 55.1 Å². The largest absolute Gasteiger partial charge is 0.309 e. The van der Waals surface area contributed by atoms with Gasteiger partial charge in [-0.05, 0) is 115 Å². The molecule has 228 valence electrons. The van der Waals surface area contributed by atoms with Gasteiger partial charge in [0.15, 0.2) is 0 Å². The average Bonchev–Trinajstić information content (AvgIpc) is 3.56. The highest BCUT2D eigenvalue weighted by molar-refractivity contribution is 6.10. The lowest BCUT2D eigenvalue weighted by Gasteiger charge is -2.57. The minimum atomic E-state index is 0.0844. The molecule has 7 aromatic rings. The fourth-order valence-electron chi connectivity index (χ4n) is 10.4. The van der Waals surface area contributed by atoms with E-state index in [0.717, 1.165) is 29.3 Å². The first-order valence-corrected chi connectivity index (χ1v) is 17.4. The first kappa shape index (κ1) is 26.8. The predicted octanol–water partition coefficient (Wildman–Crippen LogP) is 11.0. The van der Waals surface area contributed by atoms with Gasteiger partial charge in [-0.3, -0.25) is 4.57 Å². The van der Waals surface area contributed by atoms with E-state index in [1.807, 2.05) is 6.20 Å². The summed E-state index contributed by atoms with van der Waals surface area (Å²) in [4.78, 5) is 5.02. The van der Waals surface area contributed by atoms with Crippen molar-refractivity contribution in [2.75, 3.05) is 0 Å². The Morgan fingerprint density at radius 2 is 1.20 bits per heavy atom. The topological polar surface area (TPSA) is 22.8 Å². The van der Waals surface area contributed by atoms with Crippen LogP contribution in [0.1, 0.15) is 70.4 Å². The standard InChI is InChI=1S/C43H41N3/c1-42(2,3)30-13-15-39-36(21-30)34-9-5-7-11-38(34)46(39)41-23-32(16-17-44-41)45-37-10-6-4-8-33(37)35-14-12-31(22-40(35)45)43-24-27-18-28(25-43)20-29(19-27)26-43/h4-17,21-23,27-29H,18-20,24-26H2,1-3H3. The first-order chi connectivity index (χ1) is 22.3. The summed E-state index contributed by atoms with van der Waals surface area (Å²) in [5.74, 6) is 3.75. The summed E-state index contributed by atoms with van der Waals surface area (Å²) < 4.78 is 4.86. The molecule has 3 heterocycles. The Morgan fingerprint density at radius 3 is 1.89 bits per heavy atom. The second-order valence-corrected chi connectivity index (χ2v) is 16.0. The van der Waals surface area contributed by atoms with Crippen LogP contribution in [0.4, 0.5) is 0 Å². The predicted molar refractivity (Wildman–Crippen MR) is 191 cm³/mol. The molecule has 0 unspecified atom stereocenters. The van der Waals surface area contributed by atoms with Crippen LogP contribution in [0, 0.1) is 17.8 Å². The van der Waals surface area contributed by atoms with Gasteiger partial charge >= 0.3 is 0 Å². The molecule has 3 aromatic heterocycles. The second-order valence-electron chi connectivity index (χ2n) is 16.0. The van der Waals surface area contributed by atoms with Gasteiger partial charge in [0, 0.05) is 33.8 Å². The van der Waals surface area contributed by atoms with Gasteiger partial charge in [-0.15, -0.1) is 0 Å². The third-order valence-electron chi connectivity index (χ3n) is 12.1. The normalized spacial score (nSPS) is 24.2. The molecule has 4 saturated carbocycles. The van der Waals surface area contributed by atoms with Crippen LogP contribution in [-0.2, 0) is 10.8 Å². The fourth-order valence-corrected chi connectivity index (χ4v) is 10.4. The number of rotatable bonds is 3. The SMILES string of the molecule is CC(C)(C)c1ccc2c(c1)c1ccccc1n2-c1cc(-n2c3ccccc3c3ccc(C45CC6CC(CC(C6)C4)C5)cc32)ccn1. The third kappa shape index (κ3) is 3.81. The fraction of sp³-hybridized carbons (Fsp3) is 0.326.